The molecule has 5 rings (SSSR count). The molecule has 168 valence electrons. The maximum atomic E-state index is 9.98. The van der Waals surface area contributed by atoms with Gasteiger partial charge in [0.25, 0.3) is 0 Å². The predicted molar refractivity (Wildman–Crippen MR) is 123 cm³/mol. The van der Waals surface area contributed by atoms with E-state index in [1.165, 1.54) is 0 Å². The largest absolute Gasteiger partial charge is 0.394 e. The quantitative estimate of drug-likeness (QED) is 0.636. The molecule has 2 aromatic rings. The summed E-state index contributed by atoms with van der Waals surface area (Å²) in [4.78, 5) is 21.7. The van der Waals surface area contributed by atoms with Crippen molar-refractivity contribution in [1.29, 1.82) is 5.26 Å². The number of aromatic nitrogens is 4. The average Bonchev–Trinajstić information content (AvgIpc) is 3.20. The Morgan fingerprint density at radius 1 is 1.28 bits per heavy atom. The van der Waals surface area contributed by atoms with E-state index in [4.69, 9.17) is 26.8 Å². The lowest BCUT2D eigenvalue weighted by Crippen LogP contribution is -2.48. The number of aliphatic hydroxyl groups excluding tert-OH is 1. The Morgan fingerprint density at radius 3 is 2.66 bits per heavy atom. The molecule has 1 atom stereocenters. The molecule has 4 heterocycles. The van der Waals surface area contributed by atoms with Crippen molar-refractivity contribution in [2.75, 3.05) is 35.7 Å². The third-order valence-corrected chi connectivity index (χ3v) is 8.61. The molecule has 9 nitrogen and oxygen atoms in total. The topological polar surface area (TPSA) is 123 Å². The van der Waals surface area contributed by atoms with E-state index in [1.807, 2.05) is 6.19 Å². The maximum Gasteiger partial charge on any atom is 0.227 e. The number of rotatable bonds is 5. The van der Waals surface area contributed by atoms with Crippen LogP contribution in [0.15, 0.2) is 21.7 Å². The summed E-state index contributed by atoms with van der Waals surface area (Å²) < 4.78 is 4.13. The van der Waals surface area contributed by atoms with Crippen molar-refractivity contribution in [3.05, 3.63) is 28.9 Å². The van der Waals surface area contributed by atoms with Gasteiger partial charge in [0.2, 0.25) is 12.1 Å². The van der Waals surface area contributed by atoms with Crippen LogP contribution in [0.2, 0.25) is 5.02 Å². The highest BCUT2D eigenvalue weighted by Gasteiger charge is 2.39. The maximum absolute atomic E-state index is 9.98. The van der Waals surface area contributed by atoms with Gasteiger partial charge < -0.3 is 15.3 Å². The van der Waals surface area contributed by atoms with Crippen LogP contribution in [0, 0.1) is 11.5 Å². The Kier molecular flexibility index (Phi) is 5.97. The normalized spacial score (nSPS) is 22.3. The minimum atomic E-state index is -0.525. The van der Waals surface area contributed by atoms with Gasteiger partial charge in [-0.25, -0.2) is 15.0 Å². The number of hydrogen-bond acceptors (Lipinski definition) is 9. The van der Waals surface area contributed by atoms with Gasteiger partial charge in [-0.05, 0) is 42.8 Å². The fourth-order valence-corrected chi connectivity index (χ4v) is 6.32. The molecule has 0 spiro atoms. The van der Waals surface area contributed by atoms with Crippen molar-refractivity contribution in [1.82, 2.24) is 19.9 Å². The third-order valence-electron chi connectivity index (χ3n) is 6.62. The summed E-state index contributed by atoms with van der Waals surface area (Å²) in [6, 6.07) is 0. The highest BCUT2D eigenvalue weighted by atomic mass is 35.5. The number of aliphatic hydroxyl groups is 1. The first-order valence-electron chi connectivity index (χ1n) is 10.9. The summed E-state index contributed by atoms with van der Waals surface area (Å²) in [5, 5.41) is 23.2. The first kappa shape index (κ1) is 21.5. The van der Waals surface area contributed by atoms with Gasteiger partial charge in [0.1, 0.15) is 11.6 Å². The van der Waals surface area contributed by atoms with Crippen LogP contribution < -0.4 is 10.2 Å². The zero-order valence-electron chi connectivity index (χ0n) is 17.7. The van der Waals surface area contributed by atoms with Gasteiger partial charge in [0, 0.05) is 43.6 Å². The average molecular weight is 473 g/mol. The van der Waals surface area contributed by atoms with Crippen LogP contribution in [-0.4, -0.2) is 56.0 Å². The van der Waals surface area contributed by atoms with Gasteiger partial charge in [-0.15, -0.1) is 4.36 Å². The van der Waals surface area contributed by atoms with E-state index in [0.717, 1.165) is 79.6 Å². The minimum Gasteiger partial charge on any atom is -0.394 e. The van der Waals surface area contributed by atoms with E-state index in [9.17, 15) is 5.11 Å². The van der Waals surface area contributed by atoms with Crippen molar-refractivity contribution in [3.8, 4) is 6.19 Å². The van der Waals surface area contributed by atoms with Gasteiger partial charge >= 0.3 is 0 Å². The molecule has 1 saturated carbocycles. The second-order valence-electron chi connectivity index (χ2n) is 8.60. The molecule has 0 bridgehead atoms. The van der Waals surface area contributed by atoms with E-state index < -0.39 is 10.7 Å². The number of anilines is 2. The fourth-order valence-electron chi connectivity index (χ4n) is 4.61. The zero-order chi connectivity index (χ0) is 22.1. The number of fused-ring (bicyclic) bond motifs is 1. The van der Waals surface area contributed by atoms with Crippen LogP contribution in [0.3, 0.4) is 0 Å². The lowest BCUT2D eigenvalue weighted by Gasteiger charge is -2.42. The van der Waals surface area contributed by atoms with E-state index in [1.54, 1.807) is 12.4 Å². The molecule has 0 amide bonds. The van der Waals surface area contributed by atoms with Gasteiger partial charge in [0.05, 0.1) is 27.8 Å². The lowest BCUT2D eigenvalue weighted by atomic mass is 9.77. The number of aryl methyl sites for hydroxylation is 1. The van der Waals surface area contributed by atoms with Crippen LogP contribution in [0.4, 0.5) is 11.8 Å². The molecule has 3 aliphatic rings. The first-order chi connectivity index (χ1) is 15.6. The second kappa shape index (κ2) is 8.89. The SMILES string of the molecule is N#CN=[S@@]1CCc2nc(N3CCC(c4ncc(Cl)cn4)CC3)nc(NC3(CO)CCC3)c21. The molecule has 2 aliphatic heterocycles. The highest BCUT2D eigenvalue weighted by molar-refractivity contribution is 7.87. The van der Waals surface area contributed by atoms with Crippen LogP contribution >= 0.6 is 11.6 Å². The third kappa shape index (κ3) is 4.05. The summed E-state index contributed by atoms with van der Waals surface area (Å²) in [6.45, 7) is 1.69. The van der Waals surface area contributed by atoms with Gasteiger partial charge in [-0.1, -0.05) is 11.6 Å². The monoisotopic (exact) mass is 472 g/mol. The number of nitrogens with zero attached hydrogens (tertiary/aromatic N) is 7. The number of nitrogens with one attached hydrogen (secondary N) is 1. The van der Waals surface area contributed by atoms with E-state index in [-0.39, 0.29) is 12.1 Å². The minimum absolute atomic E-state index is 0.0662. The van der Waals surface area contributed by atoms with E-state index >= 15 is 0 Å². The van der Waals surface area contributed by atoms with Gasteiger partial charge in [0.15, 0.2) is 0 Å². The molecule has 2 N–H and O–H groups in total. The predicted octanol–water partition coefficient (Wildman–Crippen LogP) is 2.83. The van der Waals surface area contributed by atoms with Crippen LogP contribution in [0.25, 0.3) is 0 Å². The summed E-state index contributed by atoms with van der Waals surface area (Å²) in [5.41, 5.74) is 0.637. The van der Waals surface area contributed by atoms with Crippen molar-refractivity contribution in [3.63, 3.8) is 0 Å². The molecule has 2 aromatic heterocycles. The Bertz CT molecular complexity index is 1070. The fraction of sp³-hybridized carbons (Fsp3) is 0.571. The summed E-state index contributed by atoms with van der Waals surface area (Å²) in [6.07, 6.45) is 10.8. The molecule has 0 aromatic carbocycles. The number of nitriles is 1. The molecule has 2 fully saturated rings. The summed E-state index contributed by atoms with van der Waals surface area (Å²) in [7, 11) is -0.525. The number of piperidine rings is 1. The van der Waals surface area contributed by atoms with Crippen molar-refractivity contribution < 1.29 is 5.11 Å². The zero-order valence-corrected chi connectivity index (χ0v) is 19.2. The van der Waals surface area contributed by atoms with Crippen molar-refractivity contribution in [2.45, 2.75) is 54.9 Å². The Labute approximate surface area is 194 Å². The van der Waals surface area contributed by atoms with Crippen LogP contribution in [-0.2, 0) is 17.1 Å². The van der Waals surface area contributed by atoms with Crippen LogP contribution in [0.1, 0.15) is 49.5 Å². The second-order valence-corrected chi connectivity index (χ2v) is 10.8. The lowest BCUT2D eigenvalue weighted by molar-refractivity contribution is 0.143. The van der Waals surface area contributed by atoms with Gasteiger partial charge in [-0.2, -0.15) is 10.2 Å². The Morgan fingerprint density at radius 2 is 2.03 bits per heavy atom. The first-order valence-corrected chi connectivity index (χ1v) is 12.7. The Balaban J connectivity index is 1.40. The highest BCUT2D eigenvalue weighted by Crippen LogP contribution is 2.39. The van der Waals surface area contributed by atoms with E-state index in [2.05, 4.69) is 24.5 Å². The molecule has 32 heavy (non-hydrogen) atoms. The molecule has 0 radical (unpaired) electrons. The Hall–Kier alpha value is -2.35. The smallest absolute Gasteiger partial charge is 0.227 e. The molecular formula is C21H25ClN8OS. The number of hydrogen-bond donors (Lipinski definition) is 2. The van der Waals surface area contributed by atoms with Gasteiger partial charge in [-0.3, -0.25) is 0 Å². The summed E-state index contributed by atoms with van der Waals surface area (Å²) in [5.74, 6) is 3.36. The standard InChI is InChI=1S/C21H25ClN8OS/c22-15-10-24-18(25-11-15)14-2-7-30(8-3-14)20-27-16-4-9-32(26-13-23)17(16)19(28-20)29-21(12-31)5-1-6-21/h10-11,14,31H,1-9,12H2,(H,27,28,29)/t32-/m1/s1. The molecular weight excluding hydrogens is 448 g/mol. The summed E-state index contributed by atoms with van der Waals surface area (Å²) >= 11 is 5.92. The number of halogens is 1. The van der Waals surface area contributed by atoms with Crippen molar-refractivity contribution >= 4 is 34.1 Å². The molecule has 1 saturated heterocycles. The van der Waals surface area contributed by atoms with E-state index in [0.29, 0.717) is 16.9 Å². The molecule has 0 unspecified atom stereocenters. The van der Waals surface area contributed by atoms with Crippen molar-refractivity contribution in [2.24, 2.45) is 4.36 Å². The molecule has 11 heteroatoms. The van der Waals surface area contributed by atoms with Crippen LogP contribution in [0.5, 0.6) is 0 Å². The molecule has 1 aliphatic carbocycles.